The predicted molar refractivity (Wildman–Crippen MR) is 143 cm³/mol. The molecule has 7 nitrogen and oxygen atoms in total. The molecule has 0 bridgehead atoms. The van der Waals surface area contributed by atoms with Gasteiger partial charge in [0.05, 0.1) is 18.1 Å². The number of nitrogens with two attached hydrogens (primary N) is 1. The molecular weight excluding hydrogens is 486 g/mol. The Hall–Kier alpha value is -3.95. The summed E-state index contributed by atoms with van der Waals surface area (Å²) in [4.78, 5) is 23.7. The first-order chi connectivity index (χ1) is 18.2. The number of benzene rings is 2. The topological polar surface area (TPSA) is 89.1 Å². The molecule has 4 aromatic rings. The third-order valence-corrected chi connectivity index (χ3v) is 6.79. The number of alkyl halides is 2. The quantitative estimate of drug-likeness (QED) is 0.378. The van der Waals surface area contributed by atoms with Crippen molar-refractivity contribution in [3.63, 3.8) is 0 Å². The molecule has 1 atom stereocenters. The number of nitrogens with one attached hydrogen (secondary N) is 1. The minimum atomic E-state index is -2.86. The average Bonchev–Trinajstić information content (AvgIpc) is 3.33. The number of nitrogens with zero attached hydrogens (tertiary/aromatic N) is 4. The normalized spacial score (nSPS) is 17.3. The second kappa shape index (κ2) is 10.4. The van der Waals surface area contributed by atoms with Crippen molar-refractivity contribution in [1.82, 2.24) is 19.4 Å². The van der Waals surface area contributed by atoms with E-state index < -0.39 is 12.0 Å². The smallest absolute Gasteiger partial charge is 0.274 e. The van der Waals surface area contributed by atoms with Crippen molar-refractivity contribution in [2.45, 2.75) is 38.8 Å². The number of amides is 1. The van der Waals surface area contributed by atoms with Gasteiger partial charge in [0, 0.05) is 49.8 Å². The number of rotatable bonds is 6. The monoisotopic (exact) mass is 516 g/mol. The van der Waals surface area contributed by atoms with Gasteiger partial charge in [-0.3, -0.25) is 14.7 Å². The van der Waals surface area contributed by atoms with E-state index in [1.165, 1.54) is 0 Å². The minimum absolute atomic E-state index is 0.0961. The summed E-state index contributed by atoms with van der Waals surface area (Å²) in [6.45, 7) is 4.68. The van der Waals surface area contributed by atoms with Crippen LogP contribution < -0.4 is 11.1 Å². The maximum atomic E-state index is 13.9. The van der Waals surface area contributed by atoms with Crippen LogP contribution >= 0.6 is 0 Å². The van der Waals surface area contributed by atoms with Crippen LogP contribution in [-0.4, -0.2) is 50.4 Å². The molecule has 1 saturated heterocycles. The van der Waals surface area contributed by atoms with E-state index in [-0.39, 0.29) is 31.1 Å². The van der Waals surface area contributed by atoms with E-state index in [4.69, 9.17) is 5.73 Å². The zero-order valence-corrected chi connectivity index (χ0v) is 21.4. The summed E-state index contributed by atoms with van der Waals surface area (Å²) in [6, 6.07) is 16.2. The predicted octanol–water partition coefficient (Wildman–Crippen LogP) is 4.97. The van der Waals surface area contributed by atoms with Crippen LogP contribution in [0.25, 0.3) is 16.8 Å². The van der Waals surface area contributed by atoms with Crippen LogP contribution in [0.1, 0.15) is 33.7 Å². The summed E-state index contributed by atoms with van der Waals surface area (Å²) in [6.07, 6.45) is 4.93. The molecule has 0 saturated carbocycles. The Kier molecular flexibility index (Phi) is 7.05. The number of carbonyl (C=O) groups excluding carboxylic acids is 1. The Morgan fingerprint density at radius 1 is 1.08 bits per heavy atom. The molecular formula is C29H30F2N6O. The Morgan fingerprint density at radius 2 is 1.87 bits per heavy atom. The highest BCUT2D eigenvalue weighted by molar-refractivity contribution is 6.03. The number of piperidine rings is 1. The van der Waals surface area contributed by atoms with Gasteiger partial charge < -0.3 is 15.6 Å². The number of hydrogen-bond donors (Lipinski definition) is 2. The lowest BCUT2D eigenvalue weighted by Crippen LogP contribution is -2.54. The van der Waals surface area contributed by atoms with Crippen molar-refractivity contribution in [1.29, 1.82) is 0 Å². The standard InChI is InChI=1S/C29H30F2N6O/c1-19-3-5-22(6-4-19)23-7-9-33-26(13-23)28(38)35-24-11-21(12-25(14-24)37-15-20(2)34-18-37)16-36-10-8-29(30,31)27(32)17-36/h3-7,9,11-15,18,27H,8,10,16-17,32H2,1-2H3,(H,35,38)/t27-/m1/s1. The molecule has 2 aromatic heterocycles. The van der Waals surface area contributed by atoms with Gasteiger partial charge in [0.2, 0.25) is 0 Å². The van der Waals surface area contributed by atoms with Crippen LogP contribution in [0, 0.1) is 13.8 Å². The zero-order valence-electron chi connectivity index (χ0n) is 21.4. The fraction of sp³-hybridized carbons (Fsp3) is 0.276. The second-order valence-corrected chi connectivity index (χ2v) is 9.91. The van der Waals surface area contributed by atoms with Gasteiger partial charge in [-0.05, 0) is 60.9 Å². The van der Waals surface area contributed by atoms with Gasteiger partial charge in [0.1, 0.15) is 5.69 Å². The summed E-state index contributed by atoms with van der Waals surface area (Å²) < 4.78 is 29.7. The van der Waals surface area contributed by atoms with Gasteiger partial charge in [0.25, 0.3) is 11.8 Å². The lowest BCUT2D eigenvalue weighted by Gasteiger charge is -2.36. The van der Waals surface area contributed by atoms with Crippen LogP contribution in [0.4, 0.5) is 14.5 Å². The number of carbonyl (C=O) groups is 1. The van der Waals surface area contributed by atoms with Crippen LogP contribution in [0.3, 0.4) is 0 Å². The number of aryl methyl sites for hydroxylation is 2. The molecule has 0 aliphatic carbocycles. The molecule has 9 heteroatoms. The molecule has 1 fully saturated rings. The minimum Gasteiger partial charge on any atom is -0.322 e. The van der Waals surface area contributed by atoms with Gasteiger partial charge >= 0.3 is 0 Å². The molecule has 2 aromatic carbocycles. The molecule has 0 radical (unpaired) electrons. The van der Waals surface area contributed by atoms with Crippen LogP contribution in [-0.2, 0) is 6.54 Å². The van der Waals surface area contributed by atoms with E-state index in [0.717, 1.165) is 33.6 Å². The summed E-state index contributed by atoms with van der Waals surface area (Å²) in [5, 5.41) is 2.96. The fourth-order valence-corrected chi connectivity index (χ4v) is 4.62. The lowest BCUT2D eigenvalue weighted by molar-refractivity contribution is -0.0738. The van der Waals surface area contributed by atoms with Crippen molar-refractivity contribution in [3.05, 3.63) is 95.8 Å². The molecule has 3 heterocycles. The van der Waals surface area contributed by atoms with E-state index in [9.17, 15) is 13.6 Å². The lowest BCUT2D eigenvalue weighted by atomic mass is 10.0. The molecule has 0 unspecified atom stereocenters. The average molecular weight is 517 g/mol. The second-order valence-electron chi connectivity index (χ2n) is 9.91. The Labute approximate surface area is 220 Å². The molecule has 1 aliphatic rings. The Bertz CT molecular complexity index is 1450. The molecule has 38 heavy (non-hydrogen) atoms. The highest BCUT2D eigenvalue weighted by atomic mass is 19.3. The van der Waals surface area contributed by atoms with Gasteiger partial charge in [0.15, 0.2) is 0 Å². The van der Waals surface area contributed by atoms with Gasteiger partial charge in [-0.1, -0.05) is 29.8 Å². The third-order valence-electron chi connectivity index (χ3n) is 6.79. The molecule has 1 amide bonds. The molecule has 5 rings (SSSR count). The first kappa shape index (κ1) is 25.7. The van der Waals surface area contributed by atoms with Crippen LogP contribution in [0.5, 0.6) is 0 Å². The SMILES string of the molecule is Cc1ccc(-c2ccnc(C(=O)Nc3cc(CN4CCC(F)(F)[C@H](N)C4)cc(-n4cnc(C)c4)c3)c2)cc1. The Balaban J connectivity index is 1.40. The number of anilines is 1. The van der Waals surface area contributed by atoms with Crippen molar-refractivity contribution >= 4 is 11.6 Å². The number of hydrogen-bond acceptors (Lipinski definition) is 5. The first-order valence-corrected chi connectivity index (χ1v) is 12.5. The van der Waals surface area contributed by atoms with E-state index >= 15 is 0 Å². The summed E-state index contributed by atoms with van der Waals surface area (Å²) in [5.41, 5.74) is 12.2. The Morgan fingerprint density at radius 3 is 2.58 bits per heavy atom. The molecule has 3 N–H and O–H groups in total. The summed E-state index contributed by atoms with van der Waals surface area (Å²) >= 11 is 0. The largest absolute Gasteiger partial charge is 0.322 e. The van der Waals surface area contributed by atoms with Crippen LogP contribution in [0.15, 0.2) is 73.3 Å². The van der Waals surface area contributed by atoms with Crippen molar-refractivity contribution in [3.8, 4) is 16.8 Å². The van der Waals surface area contributed by atoms with Crippen LogP contribution in [0.2, 0.25) is 0 Å². The number of aromatic nitrogens is 3. The maximum absolute atomic E-state index is 13.9. The van der Waals surface area contributed by atoms with E-state index in [0.29, 0.717) is 12.2 Å². The van der Waals surface area contributed by atoms with Crippen molar-refractivity contribution < 1.29 is 13.6 Å². The number of imidazole rings is 1. The molecule has 1 aliphatic heterocycles. The summed E-state index contributed by atoms with van der Waals surface area (Å²) in [5.74, 6) is -3.20. The van der Waals surface area contributed by atoms with E-state index in [1.54, 1.807) is 18.6 Å². The van der Waals surface area contributed by atoms with Crippen molar-refractivity contribution in [2.75, 3.05) is 18.4 Å². The highest BCUT2D eigenvalue weighted by Gasteiger charge is 2.41. The number of pyridine rings is 1. The molecule has 0 spiro atoms. The first-order valence-electron chi connectivity index (χ1n) is 12.5. The summed E-state index contributed by atoms with van der Waals surface area (Å²) in [7, 11) is 0. The van der Waals surface area contributed by atoms with E-state index in [2.05, 4.69) is 15.3 Å². The van der Waals surface area contributed by atoms with E-state index in [1.807, 2.05) is 78.0 Å². The molecule has 196 valence electrons. The third kappa shape index (κ3) is 5.79. The number of likely N-dealkylation sites (tertiary alicyclic amines) is 1. The highest BCUT2D eigenvalue weighted by Crippen LogP contribution is 2.29. The van der Waals surface area contributed by atoms with Gasteiger partial charge in [-0.15, -0.1) is 0 Å². The fourth-order valence-electron chi connectivity index (χ4n) is 4.62. The number of halogens is 2. The maximum Gasteiger partial charge on any atom is 0.274 e. The van der Waals surface area contributed by atoms with Gasteiger partial charge in [-0.25, -0.2) is 13.8 Å². The zero-order chi connectivity index (χ0) is 26.9. The van der Waals surface area contributed by atoms with Crippen molar-refractivity contribution in [2.24, 2.45) is 5.73 Å². The van der Waals surface area contributed by atoms with Gasteiger partial charge in [-0.2, -0.15) is 0 Å².